The molecule has 29 heavy (non-hydrogen) atoms. The highest BCUT2D eigenvalue weighted by Crippen LogP contribution is 2.34. The third-order valence-corrected chi connectivity index (χ3v) is 7.14. The molecule has 3 aromatic heterocycles. The minimum atomic E-state index is -0.132. The fraction of sp³-hybridized carbons (Fsp3) is 0.381. The summed E-state index contributed by atoms with van der Waals surface area (Å²) in [6.07, 6.45) is 8.73. The van der Waals surface area contributed by atoms with Crippen molar-refractivity contribution in [2.75, 3.05) is 5.75 Å². The lowest BCUT2D eigenvalue weighted by Gasteiger charge is -2.10. The van der Waals surface area contributed by atoms with Gasteiger partial charge in [0.15, 0.2) is 5.16 Å². The topological polar surface area (TPSA) is 77.1 Å². The van der Waals surface area contributed by atoms with Crippen molar-refractivity contribution in [2.24, 2.45) is 0 Å². The number of aryl methyl sites for hydroxylation is 2. The Morgan fingerprint density at radius 1 is 1.38 bits per heavy atom. The van der Waals surface area contributed by atoms with Crippen LogP contribution in [0.2, 0.25) is 0 Å². The molecule has 0 unspecified atom stereocenters. The smallest absolute Gasteiger partial charge is 0.263 e. The first-order valence-electron chi connectivity index (χ1n) is 9.75. The monoisotopic (exact) mass is 429 g/mol. The summed E-state index contributed by atoms with van der Waals surface area (Å²) >= 11 is 2.91. The molecule has 0 bridgehead atoms. The quantitative estimate of drug-likeness (QED) is 0.267. The van der Waals surface area contributed by atoms with E-state index in [0.717, 1.165) is 35.9 Å². The molecule has 0 aromatic carbocycles. The highest BCUT2D eigenvalue weighted by Gasteiger charge is 2.21. The molecule has 4 rings (SSSR count). The van der Waals surface area contributed by atoms with Crippen LogP contribution in [0.5, 0.6) is 0 Å². The predicted molar refractivity (Wildman–Crippen MR) is 117 cm³/mol. The molecule has 1 N–H and O–H groups in total. The summed E-state index contributed by atoms with van der Waals surface area (Å²) < 4.78 is 6.86. The Labute approximate surface area is 177 Å². The van der Waals surface area contributed by atoms with Gasteiger partial charge >= 0.3 is 0 Å². The molecule has 1 amide bonds. The molecule has 8 heteroatoms. The number of nitrogens with one attached hydrogen (secondary N) is 1. The first kappa shape index (κ1) is 20.0. The van der Waals surface area contributed by atoms with Gasteiger partial charge in [-0.3, -0.25) is 14.2 Å². The number of allylic oxidation sites excluding steroid dienone is 1. The molecule has 0 aliphatic heterocycles. The van der Waals surface area contributed by atoms with E-state index in [-0.39, 0.29) is 17.2 Å². The number of rotatable bonds is 7. The van der Waals surface area contributed by atoms with Gasteiger partial charge in [-0.1, -0.05) is 24.3 Å². The van der Waals surface area contributed by atoms with Crippen molar-refractivity contribution < 1.29 is 9.21 Å². The van der Waals surface area contributed by atoms with E-state index in [2.05, 4.69) is 11.9 Å². The molecule has 1 aliphatic carbocycles. The van der Waals surface area contributed by atoms with Crippen molar-refractivity contribution >= 4 is 39.2 Å². The van der Waals surface area contributed by atoms with Gasteiger partial charge in [0, 0.05) is 11.4 Å². The van der Waals surface area contributed by atoms with Gasteiger partial charge in [-0.25, -0.2) is 4.98 Å². The average Bonchev–Trinajstić information content (AvgIpc) is 3.29. The highest BCUT2D eigenvalue weighted by atomic mass is 32.2. The summed E-state index contributed by atoms with van der Waals surface area (Å²) in [6, 6.07) is 3.59. The summed E-state index contributed by atoms with van der Waals surface area (Å²) in [5.74, 6) is 0.750. The van der Waals surface area contributed by atoms with Crippen LogP contribution in [0, 0.1) is 0 Å². The Bertz CT molecular complexity index is 1080. The highest BCUT2D eigenvalue weighted by molar-refractivity contribution is 7.99. The van der Waals surface area contributed by atoms with Gasteiger partial charge in [-0.05, 0) is 43.4 Å². The zero-order valence-electron chi connectivity index (χ0n) is 16.1. The molecule has 6 nitrogen and oxygen atoms in total. The third-order valence-electron chi connectivity index (χ3n) is 4.97. The van der Waals surface area contributed by atoms with Crippen LogP contribution >= 0.6 is 23.1 Å². The maximum atomic E-state index is 13.3. The van der Waals surface area contributed by atoms with Crippen LogP contribution in [0.15, 0.2) is 45.4 Å². The molecule has 3 heterocycles. The second kappa shape index (κ2) is 9.00. The zero-order valence-corrected chi connectivity index (χ0v) is 17.7. The lowest BCUT2D eigenvalue weighted by molar-refractivity contribution is -0.118. The molecule has 1 aliphatic rings. The van der Waals surface area contributed by atoms with E-state index in [1.54, 1.807) is 34.3 Å². The summed E-state index contributed by atoms with van der Waals surface area (Å²) in [5, 5.41) is 4.15. The van der Waals surface area contributed by atoms with Gasteiger partial charge in [0.05, 0.1) is 23.9 Å². The van der Waals surface area contributed by atoms with Gasteiger partial charge in [0.1, 0.15) is 10.6 Å². The Morgan fingerprint density at radius 2 is 2.24 bits per heavy atom. The molecule has 0 saturated heterocycles. The number of furan rings is 1. The maximum Gasteiger partial charge on any atom is 0.263 e. The Morgan fingerprint density at radius 3 is 3.03 bits per heavy atom. The van der Waals surface area contributed by atoms with Crippen LogP contribution in [0.4, 0.5) is 0 Å². The molecule has 3 aromatic rings. The summed E-state index contributed by atoms with van der Waals surface area (Å²) in [5.41, 5.74) is 1.17. The number of hydrogen-bond acceptors (Lipinski definition) is 6. The molecule has 0 spiro atoms. The number of aromatic nitrogens is 2. The summed E-state index contributed by atoms with van der Waals surface area (Å²) in [7, 11) is 0. The van der Waals surface area contributed by atoms with Gasteiger partial charge in [0.25, 0.3) is 5.56 Å². The number of hydrogen-bond donors (Lipinski definition) is 1. The number of fused-ring (bicyclic) bond motifs is 3. The second-order valence-corrected chi connectivity index (χ2v) is 9.01. The van der Waals surface area contributed by atoms with Crippen molar-refractivity contribution in [1.29, 1.82) is 0 Å². The molecule has 0 saturated carbocycles. The first-order valence-corrected chi connectivity index (χ1v) is 11.6. The van der Waals surface area contributed by atoms with Crippen molar-refractivity contribution in [1.82, 2.24) is 14.9 Å². The molecule has 0 radical (unpaired) electrons. The van der Waals surface area contributed by atoms with Crippen LogP contribution in [-0.2, 0) is 30.7 Å². The standard InChI is InChI=1S/C21H23N3O3S2/c1-2-10-24-20(26)18-15-8-4-3-5-9-16(15)29-19(18)23-21(24)28-13-17(25)22-12-14-7-6-11-27-14/h2,6-7,11H,1,3-5,8-10,12-13H2,(H,22,25). The lowest BCUT2D eigenvalue weighted by atomic mass is 10.1. The van der Waals surface area contributed by atoms with Crippen LogP contribution in [0.3, 0.4) is 0 Å². The van der Waals surface area contributed by atoms with Crippen molar-refractivity contribution in [3.63, 3.8) is 0 Å². The van der Waals surface area contributed by atoms with Gasteiger partial charge in [-0.15, -0.1) is 17.9 Å². The van der Waals surface area contributed by atoms with Crippen molar-refractivity contribution in [3.05, 3.63) is 57.6 Å². The van der Waals surface area contributed by atoms with Crippen LogP contribution in [0.25, 0.3) is 10.2 Å². The van der Waals surface area contributed by atoms with Crippen LogP contribution in [0.1, 0.15) is 35.5 Å². The van der Waals surface area contributed by atoms with E-state index >= 15 is 0 Å². The zero-order chi connectivity index (χ0) is 20.2. The predicted octanol–water partition coefficient (Wildman–Crippen LogP) is 3.91. The van der Waals surface area contributed by atoms with E-state index in [1.165, 1.54) is 28.6 Å². The van der Waals surface area contributed by atoms with E-state index in [9.17, 15) is 9.59 Å². The van der Waals surface area contributed by atoms with Gasteiger partial charge < -0.3 is 9.73 Å². The number of carbonyl (C=O) groups excluding carboxylic acids is 1. The van der Waals surface area contributed by atoms with Gasteiger partial charge in [-0.2, -0.15) is 0 Å². The minimum absolute atomic E-state index is 0.0206. The molecular weight excluding hydrogens is 406 g/mol. The molecule has 152 valence electrons. The SMILES string of the molecule is C=CCn1c(SCC(=O)NCc2ccco2)nc2sc3c(c2c1=O)CCCCC3. The average molecular weight is 430 g/mol. The number of nitrogens with zero attached hydrogens (tertiary/aromatic N) is 2. The second-order valence-electron chi connectivity index (χ2n) is 6.99. The molecule has 0 fully saturated rings. The van der Waals surface area contributed by atoms with E-state index < -0.39 is 0 Å². The van der Waals surface area contributed by atoms with Crippen LogP contribution < -0.4 is 10.9 Å². The fourth-order valence-electron chi connectivity index (χ4n) is 3.58. The van der Waals surface area contributed by atoms with E-state index in [1.807, 2.05) is 6.07 Å². The number of carbonyl (C=O) groups is 1. The summed E-state index contributed by atoms with van der Waals surface area (Å²) in [6.45, 7) is 4.50. The third kappa shape index (κ3) is 4.33. The Kier molecular flexibility index (Phi) is 6.20. The first-order chi connectivity index (χ1) is 14.2. The largest absolute Gasteiger partial charge is 0.467 e. The van der Waals surface area contributed by atoms with Crippen LogP contribution in [-0.4, -0.2) is 21.2 Å². The van der Waals surface area contributed by atoms with E-state index in [0.29, 0.717) is 24.0 Å². The van der Waals surface area contributed by atoms with Gasteiger partial charge in [0.2, 0.25) is 5.91 Å². The number of thiophene rings is 1. The Balaban J connectivity index is 1.58. The number of thioether (sulfide) groups is 1. The van der Waals surface area contributed by atoms with E-state index in [4.69, 9.17) is 9.40 Å². The Hall–Kier alpha value is -2.32. The molecule has 0 atom stereocenters. The van der Waals surface area contributed by atoms with Crippen molar-refractivity contribution in [2.45, 2.75) is 50.4 Å². The number of amides is 1. The lowest BCUT2D eigenvalue weighted by Crippen LogP contribution is -2.26. The minimum Gasteiger partial charge on any atom is -0.467 e. The normalized spacial score (nSPS) is 13.8. The fourth-order valence-corrected chi connectivity index (χ4v) is 5.72. The molecular formula is C21H23N3O3S2. The maximum absolute atomic E-state index is 13.3. The van der Waals surface area contributed by atoms with Crippen molar-refractivity contribution in [3.8, 4) is 0 Å². The summed E-state index contributed by atoms with van der Waals surface area (Å²) in [4.78, 5) is 32.3.